The Balaban J connectivity index is 2.67. The van der Waals surface area contributed by atoms with E-state index >= 15 is 0 Å². The summed E-state index contributed by atoms with van der Waals surface area (Å²) < 4.78 is 0.724. The highest BCUT2D eigenvalue weighted by atomic mass is 16.4. The molecule has 1 rings (SSSR count). The molecule has 1 atom stereocenters. The zero-order valence-corrected chi connectivity index (χ0v) is 27.3. The first-order valence-corrected chi connectivity index (χ1v) is 16.4. The number of nitrogens with zero attached hydrogens (tertiary/aromatic N) is 5. The molecule has 4 N–H and O–H groups in total. The molecule has 0 spiro atoms. The molecular formula is C31H62N5O7+. The van der Waals surface area contributed by atoms with E-state index < -0.39 is 24.0 Å². The summed E-state index contributed by atoms with van der Waals surface area (Å²) in [6.45, 7) is 7.26. The summed E-state index contributed by atoms with van der Waals surface area (Å²) in [6, 6.07) is 0. The van der Waals surface area contributed by atoms with Crippen LogP contribution in [-0.2, 0) is 14.4 Å². The molecule has 1 fully saturated rings. The molecule has 1 aliphatic heterocycles. The van der Waals surface area contributed by atoms with Crippen molar-refractivity contribution in [2.24, 2.45) is 0 Å². The van der Waals surface area contributed by atoms with Crippen LogP contribution in [0.5, 0.6) is 0 Å². The summed E-state index contributed by atoms with van der Waals surface area (Å²) >= 11 is 0. The van der Waals surface area contributed by atoms with Crippen LogP contribution in [0.25, 0.3) is 0 Å². The van der Waals surface area contributed by atoms with Crippen LogP contribution in [0.3, 0.4) is 0 Å². The molecule has 0 aromatic rings. The SMILES string of the molecule is CCCCCCCCCCCC[N+](C)(C)CC(O)CN1CCN(CC(=O)O)CCN(CC(=O)O)CCN(CC(=O)O)CC1. The number of aliphatic hydroxyl groups is 1. The summed E-state index contributed by atoms with van der Waals surface area (Å²) in [5.41, 5.74) is 0. The van der Waals surface area contributed by atoms with Gasteiger partial charge >= 0.3 is 17.9 Å². The Hall–Kier alpha value is -1.83. The number of aliphatic carboxylic acids is 3. The van der Waals surface area contributed by atoms with Crippen molar-refractivity contribution in [1.29, 1.82) is 0 Å². The molecule has 0 aromatic heterocycles. The second kappa shape index (κ2) is 22.6. The molecule has 0 aromatic carbocycles. The van der Waals surface area contributed by atoms with Gasteiger partial charge in [-0.1, -0.05) is 58.3 Å². The maximum atomic E-state index is 11.5. The number of carboxylic acids is 3. The first-order valence-electron chi connectivity index (χ1n) is 16.4. The number of β-amino-alcohol motifs (C(OH)–C–C–N with tert-alkyl or cyclic N) is 1. The quantitative estimate of drug-likeness (QED) is 0.111. The molecule has 0 bridgehead atoms. The Morgan fingerprint density at radius 1 is 0.581 bits per heavy atom. The maximum Gasteiger partial charge on any atom is 0.317 e. The van der Waals surface area contributed by atoms with E-state index in [0.717, 1.165) is 17.4 Å². The molecule has 1 saturated heterocycles. The maximum absolute atomic E-state index is 11.5. The van der Waals surface area contributed by atoms with Gasteiger partial charge in [-0.3, -0.25) is 34.0 Å². The average Bonchev–Trinajstić information content (AvgIpc) is 2.90. The predicted molar refractivity (Wildman–Crippen MR) is 168 cm³/mol. The van der Waals surface area contributed by atoms with Gasteiger partial charge in [0.1, 0.15) is 12.6 Å². The van der Waals surface area contributed by atoms with E-state index in [4.69, 9.17) is 0 Å². The predicted octanol–water partition coefficient (Wildman–Crippen LogP) is 1.82. The van der Waals surface area contributed by atoms with Crippen molar-refractivity contribution in [2.75, 3.05) is 106 Å². The fraction of sp³-hybridized carbons (Fsp3) is 0.903. The lowest BCUT2D eigenvalue weighted by Crippen LogP contribution is -2.52. The van der Waals surface area contributed by atoms with E-state index in [1.54, 1.807) is 14.7 Å². The number of hydrogen-bond donors (Lipinski definition) is 4. The van der Waals surface area contributed by atoms with E-state index in [2.05, 4.69) is 25.9 Å². The molecule has 0 amide bonds. The highest BCUT2D eigenvalue weighted by molar-refractivity contribution is 5.69. The third kappa shape index (κ3) is 21.5. The largest absolute Gasteiger partial charge is 0.480 e. The number of likely N-dealkylation sites (N-methyl/N-ethyl adjacent to an activating group) is 1. The van der Waals surface area contributed by atoms with Crippen LogP contribution in [0.15, 0.2) is 0 Å². The van der Waals surface area contributed by atoms with Gasteiger partial charge in [0.2, 0.25) is 0 Å². The standard InChI is InChI=1S/C31H61N5O7/c1-4-5-6-7-8-9-10-11-12-13-22-36(2,3)27-28(37)23-32-14-16-33(24-29(38)39)18-20-35(26-31(42)43)21-19-34(17-15-32)25-30(40)41/h28,37H,4-27H2,1-3H3,(H2-,38,39,40,41,42,43)/p+1. The average molecular weight is 617 g/mol. The Kier molecular flexibility index (Phi) is 20.6. The highest BCUT2D eigenvalue weighted by Gasteiger charge is 2.24. The minimum absolute atomic E-state index is 0.148. The number of aliphatic hydroxyl groups excluding tert-OH is 1. The fourth-order valence-corrected chi connectivity index (χ4v) is 5.85. The minimum Gasteiger partial charge on any atom is -0.480 e. The van der Waals surface area contributed by atoms with Crippen molar-refractivity contribution in [2.45, 2.75) is 77.2 Å². The van der Waals surface area contributed by atoms with E-state index in [9.17, 15) is 34.8 Å². The zero-order valence-electron chi connectivity index (χ0n) is 27.3. The summed E-state index contributed by atoms with van der Waals surface area (Å²) in [5.74, 6) is -2.86. The van der Waals surface area contributed by atoms with Crippen molar-refractivity contribution in [3.05, 3.63) is 0 Å². The number of unbranched alkanes of at least 4 members (excludes halogenated alkanes) is 9. The van der Waals surface area contributed by atoms with Crippen LogP contribution < -0.4 is 0 Å². The molecule has 12 nitrogen and oxygen atoms in total. The van der Waals surface area contributed by atoms with Crippen LogP contribution >= 0.6 is 0 Å². The number of quaternary nitrogens is 1. The van der Waals surface area contributed by atoms with Crippen molar-refractivity contribution in [3.63, 3.8) is 0 Å². The Bertz CT molecular complexity index is 754. The number of hydrogen-bond acceptors (Lipinski definition) is 8. The van der Waals surface area contributed by atoms with Gasteiger partial charge in [-0.05, 0) is 12.8 Å². The Labute approximate surface area is 259 Å². The summed E-state index contributed by atoms with van der Waals surface area (Å²) in [7, 11) is 4.30. The van der Waals surface area contributed by atoms with E-state index in [1.807, 2.05) is 0 Å². The van der Waals surface area contributed by atoms with Gasteiger partial charge in [0.25, 0.3) is 0 Å². The molecule has 1 unspecified atom stereocenters. The first kappa shape index (κ1) is 39.2. The van der Waals surface area contributed by atoms with Gasteiger partial charge in [0.05, 0.1) is 40.3 Å². The molecule has 1 aliphatic rings. The van der Waals surface area contributed by atoms with Crippen LogP contribution in [0, 0.1) is 0 Å². The lowest BCUT2D eigenvalue weighted by molar-refractivity contribution is -0.893. The molecular weight excluding hydrogens is 554 g/mol. The summed E-state index contributed by atoms with van der Waals surface area (Å²) in [6.07, 6.45) is 12.3. The monoisotopic (exact) mass is 616 g/mol. The lowest BCUT2D eigenvalue weighted by atomic mass is 10.1. The van der Waals surface area contributed by atoms with Crippen molar-refractivity contribution < 1.29 is 39.3 Å². The van der Waals surface area contributed by atoms with Crippen LogP contribution in [-0.4, -0.2) is 174 Å². The molecule has 1 heterocycles. The molecule has 0 radical (unpaired) electrons. The highest BCUT2D eigenvalue weighted by Crippen LogP contribution is 2.12. The van der Waals surface area contributed by atoms with E-state index in [1.165, 1.54) is 57.8 Å². The van der Waals surface area contributed by atoms with Crippen LogP contribution in [0.4, 0.5) is 0 Å². The smallest absolute Gasteiger partial charge is 0.317 e. The summed E-state index contributed by atoms with van der Waals surface area (Å²) in [4.78, 5) is 41.8. The third-order valence-corrected chi connectivity index (χ3v) is 8.30. The van der Waals surface area contributed by atoms with Gasteiger partial charge in [0, 0.05) is 58.9 Å². The molecule has 0 saturated carbocycles. The second-order valence-electron chi connectivity index (χ2n) is 13.0. The van der Waals surface area contributed by atoms with Gasteiger partial charge in [0.15, 0.2) is 0 Å². The van der Waals surface area contributed by atoms with Crippen molar-refractivity contribution in [1.82, 2.24) is 19.6 Å². The van der Waals surface area contributed by atoms with Crippen LogP contribution in [0.1, 0.15) is 71.1 Å². The second-order valence-corrected chi connectivity index (χ2v) is 13.0. The Morgan fingerprint density at radius 2 is 0.907 bits per heavy atom. The molecule has 0 aliphatic carbocycles. The van der Waals surface area contributed by atoms with E-state index in [-0.39, 0.29) is 19.6 Å². The lowest BCUT2D eigenvalue weighted by Gasteiger charge is -2.36. The minimum atomic E-state index is -0.976. The number of carbonyl (C=O) groups is 3. The first-order chi connectivity index (χ1) is 20.4. The van der Waals surface area contributed by atoms with Gasteiger partial charge in [-0.15, -0.1) is 0 Å². The third-order valence-electron chi connectivity index (χ3n) is 8.30. The normalized spacial score (nSPS) is 18.1. The topological polar surface area (TPSA) is 145 Å². The Morgan fingerprint density at radius 3 is 1.26 bits per heavy atom. The molecule has 12 heteroatoms. The van der Waals surface area contributed by atoms with Gasteiger partial charge in [-0.25, -0.2) is 0 Å². The van der Waals surface area contributed by atoms with Crippen LogP contribution in [0.2, 0.25) is 0 Å². The number of rotatable bonds is 21. The van der Waals surface area contributed by atoms with Gasteiger partial charge < -0.3 is 24.9 Å². The molecule has 43 heavy (non-hydrogen) atoms. The zero-order chi connectivity index (χ0) is 32.1. The summed E-state index contributed by atoms with van der Waals surface area (Å²) in [5, 5.41) is 39.3. The van der Waals surface area contributed by atoms with E-state index in [0.29, 0.717) is 65.4 Å². The van der Waals surface area contributed by atoms with Crippen molar-refractivity contribution >= 4 is 17.9 Å². The number of carboxylic acid groups (broad SMARTS) is 3. The van der Waals surface area contributed by atoms with Gasteiger partial charge in [-0.2, -0.15) is 0 Å². The van der Waals surface area contributed by atoms with Crippen molar-refractivity contribution in [3.8, 4) is 0 Å². The molecule has 252 valence electrons. The fourth-order valence-electron chi connectivity index (χ4n) is 5.85.